The molecule has 1 N–H and O–H groups in total. The molecular formula is C12H15NO2. The number of carbonyl (C=O) groups is 1. The molecule has 0 aliphatic rings. The van der Waals surface area contributed by atoms with Gasteiger partial charge in [0, 0.05) is 5.69 Å². The number of hydrogen-bond acceptors (Lipinski definition) is 2. The summed E-state index contributed by atoms with van der Waals surface area (Å²) in [5.41, 5.74) is 1.63. The molecule has 0 aromatic heterocycles. The molecule has 0 unspecified atom stereocenters. The standard InChI is InChI=1S/C12H15NO2/c1-3-10(2)9-15-12(14)13-11-7-5-4-6-8-11/h4-8H,2-3,9H2,1H3,(H,13,14). The number of nitrogens with one attached hydrogen (secondary N) is 1. The highest BCUT2D eigenvalue weighted by atomic mass is 16.5. The Morgan fingerprint density at radius 2 is 2.07 bits per heavy atom. The van der Waals surface area contributed by atoms with Crippen LogP contribution in [0.3, 0.4) is 0 Å². The van der Waals surface area contributed by atoms with Crippen LogP contribution in [0.2, 0.25) is 0 Å². The molecule has 0 saturated carbocycles. The van der Waals surface area contributed by atoms with Crippen molar-refractivity contribution in [2.24, 2.45) is 0 Å². The number of carbonyl (C=O) groups excluding carboxylic acids is 1. The summed E-state index contributed by atoms with van der Waals surface area (Å²) in [4.78, 5) is 11.3. The number of para-hydroxylation sites is 1. The van der Waals surface area contributed by atoms with Crippen LogP contribution in [0.5, 0.6) is 0 Å². The monoisotopic (exact) mass is 205 g/mol. The Balaban J connectivity index is 2.34. The summed E-state index contributed by atoms with van der Waals surface area (Å²) >= 11 is 0. The molecule has 1 amide bonds. The highest BCUT2D eigenvalue weighted by Crippen LogP contribution is 2.06. The highest BCUT2D eigenvalue weighted by molar-refractivity contribution is 5.84. The van der Waals surface area contributed by atoms with Crippen LogP contribution in [-0.2, 0) is 4.74 Å². The molecule has 1 aromatic carbocycles. The molecule has 3 nitrogen and oxygen atoms in total. The van der Waals surface area contributed by atoms with Crippen molar-refractivity contribution in [1.82, 2.24) is 0 Å². The Hall–Kier alpha value is -1.77. The minimum Gasteiger partial charge on any atom is -0.445 e. The van der Waals surface area contributed by atoms with E-state index in [1.165, 1.54) is 0 Å². The molecule has 0 atom stereocenters. The second kappa shape index (κ2) is 5.86. The van der Waals surface area contributed by atoms with Gasteiger partial charge in [-0.05, 0) is 24.1 Å². The van der Waals surface area contributed by atoms with Gasteiger partial charge < -0.3 is 4.74 Å². The molecule has 0 heterocycles. The van der Waals surface area contributed by atoms with Crippen molar-refractivity contribution >= 4 is 11.8 Å². The Bertz CT molecular complexity index is 333. The number of anilines is 1. The van der Waals surface area contributed by atoms with E-state index in [0.717, 1.165) is 17.7 Å². The van der Waals surface area contributed by atoms with Crippen molar-refractivity contribution in [1.29, 1.82) is 0 Å². The van der Waals surface area contributed by atoms with Crippen LogP contribution in [0.4, 0.5) is 10.5 Å². The fraction of sp³-hybridized carbons (Fsp3) is 0.250. The normalized spacial score (nSPS) is 9.40. The van der Waals surface area contributed by atoms with Crippen molar-refractivity contribution in [3.05, 3.63) is 42.5 Å². The van der Waals surface area contributed by atoms with Crippen LogP contribution in [0, 0.1) is 0 Å². The van der Waals surface area contributed by atoms with Crippen LogP contribution < -0.4 is 5.32 Å². The van der Waals surface area contributed by atoms with Crippen molar-refractivity contribution in [2.45, 2.75) is 13.3 Å². The third-order valence-corrected chi connectivity index (χ3v) is 1.93. The van der Waals surface area contributed by atoms with Gasteiger partial charge in [0.15, 0.2) is 0 Å². The second-order valence-electron chi connectivity index (χ2n) is 3.17. The molecule has 0 aliphatic heterocycles. The zero-order valence-corrected chi connectivity index (χ0v) is 8.82. The lowest BCUT2D eigenvalue weighted by Gasteiger charge is -2.07. The van der Waals surface area contributed by atoms with Crippen LogP contribution in [0.25, 0.3) is 0 Å². The van der Waals surface area contributed by atoms with Crippen LogP contribution >= 0.6 is 0 Å². The summed E-state index contributed by atoms with van der Waals surface area (Å²) in [6, 6.07) is 9.18. The van der Waals surface area contributed by atoms with E-state index in [1.54, 1.807) is 12.1 Å². The first kappa shape index (κ1) is 11.3. The van der Waals surface area contributed by atoms with Crippen molar-refractivity contribution in [3.63, 3.8) is 0 Å². The van der Waals surface area contributed by atoms with Gasteiger partial charge in [-0.1, -0.05) is 31.7 Å². The van der Waals surface area contributed by atoms with E-state index in [4.69, 9.17) is 4.74 Å². The average molecular weight is 205 g/mol. The van der Waals surface area contributed by atoms with E-state index in [1.807, 2.05) is 25.1 Å². The largest absolute Gasteiger partial charge is 0.445 e. The van der Waals surface area contributed by atoms with Crippen LogP contribution in [0.1, 0.15) is 13.3 Å². The molecule has 0 fully saturated rings. The van der Waals surface area contributed by atoms with E-state index < -0.39 is 6.09 Å². The minimum absolute atomic E-state index is 0.273. The van der Waals surface area contributed by atoms with Gasteiger partial charge in [0.25, 0.3) is 0 Å². The molecular weight excluding hydrogens is 190 g/mol. The van der Waals surface area contributed by atoms with E-state index in [0.29, 0.717) is 0 Å². The average Bonchev–Trinajstić information content (AvgIpc) is 2.27. The van der Waals surface area contributed by atoms with Gasteiger partial charge >= 0.3 is 6.09 Å². The summed E-state index contributed by atoms with van der Waals surface area (Å²) in [6.07, 6.45) is 0.370. The topological polar surface area (TPSA) is 38.3 Å². The number of benzene rings is 1. The van der Waals surface area contributed by atoms with Gasteiger partial charge in [0.2, 0.25) is 0 Å². The van der Waals surface area contributed by atoms with E-state index in [-0.39, 0.29) is 6.61 Å². The van der Waals surface area contributed by atoms with Gasteiger partial charge in [-0.2, -0.15) is 0 Å². The number of ether oxygens (including phenoxy) is 1. The lowest BCUT2D eigenvalue weighted by molar-refractivity contribution is 0.171. The second-order valence-corrected chi connectivity index (χ2v) is 3.17. The third kappa shape index (κ3) is 4.31. The van der Waals surface area contributed by atoms with Gasteiger partial charge in [-0.25, -0.2) is 4.79 Å². The highest BCUT2D eigenvalue weighted by Gasteiger charge is 2.02. The summed E-state index contributed by atoms with van der Waals surface area (Å²) in [6.45, 7) is 5.99. The summed E-state index contributed by atoms with van der Waals surface area (Å²) in [7, 11) is 0. The quantitative estimate of drug-likeness (QED) is 0.766. The van der Waals surface area contributed by atoms with E-state index in [9.17, 15) is 4.79 Å². The predicted molar refractivity (Wildman–Crippen MR) is 60.8 cm³/mol. The molecule has 0 bridgehead atoms. The maximum Gasteiger partial charge on any atom is 0.411 e. The van der Waals surface area contributed by atoms with E-state index >= 15 is 0 Å². The fourth-order valence-corrected chi connectivity index (χ4v) is 0.945. The Morgan fingerprint density at radius 3 is 2.67 bits per heavy atom. The van der Waals surface area contributed by atoms with Crippen molar-refractivity contribution in [3.8, 4) is 0 Å². The number of rotatable bonds is 4. The first-order chi connectivity index (χ1) is 7.22. The Labute approximate surface area is 89.8 Å². The number of hydrogen-bond donors (Lipinski definition) is 1. The van der Waals surface area contributed by atoms with Crippen molar-refractivity contribution < 1.29 is 9.53 Å². The van der Waals surface area contributed by atoms with Gasteiger partial charge in [0.1, 0.15) is 6.61 Å². The summed E-state index contributed by atoms with van der Waals surface area (Å²) < 4.78 is 4.95. The summed E-state index contributed by atoms with van der Waals surface area (Å²) in [5.74, 6) is 0. The molecule has 3 heteroatoms. The molecule has 0 aliphatic carbocycles. The molecule has 0 spiro atoms. The number of amides is 1. The fourth-order valence-electron chi connectivity index (χ4n) is 0.945. The SMILES string of the molecule is C=C(CC)COC(=O)Nc1ccccc1. The minimum atomic E-state index is -0.448. The lowest BCUT2D eigenvalue weighted by atomic mass is 10.2. The Kier molecular flexibility index (Phi) is 4.41. The van der Waals surface area contributed by atoms with Crippen LogP contribution in [-0.4, -0.2) is 12.7 Å². The maximum atomic E-state index is 11.3. The smallest absolute Gasteiger partial charge is 0.411 e. The third-order valence-electron chi connectivity index (χ3n) is 1.93. The zero-order chi connectivity index (χ0) is 11.1. The molecule has 15 heavy (non-hydrogen) atoms. The lowest BCUT2D eigenvalue weighted by Crippen LogP contribution is -2.14. The van der Waals surface area contributed by atoms with Gasteiger partial charge in [-0.15, -0.1) is 0 Å². The summed E-state index contributed by atoms with van der Waals surface area (Å²) in [5, 5.41) is 2.62. The molecule has 1 aromatic rings. The maximum absolute atomic E-state index is 11.3. The van der Waals surface area contributed by atoms with Gasteiger partial charge in [-0.3, -0.25) is 5.32 Å². The molecule has 1 rings (SSSR count). The zero-order valence-electron chi connectivity index (χ0n) is 8.82. The van der Waals surface area contributed by atoms with Crippen molar-refractivity contribution in [2.75, 3.05) is 11.9 Å². The first-order valence-corrected chi connectivity index (χ1v) is 4.88. The molecule has 0 saturated heterocycles. The van der Waals surface area contributed by atoms with E-state index in [2.05, 4.69) is 11.9 Å². The first-order valence-electron chi connectivity index (χ1n) is 4.88. The van der Waals surface area contributed by atoms with Crippen LogP contribution in [0.15, 0.2) is 42.5 Å². The predicted octanol–water partition coefficient (Wildman–Crippen LogP) is 3.20. The Morgan fingerprint density at radius 1 is 1.40 bits per heavy atom. The molecule has 80 valence electrons. The van der Waals surface area contributed by atoms with Gasteiger partial charge in [0.05, 0.1) is 0 Å². The molecule has 0 radical (unpaired) electrons.